The molecule has 0 unspecified atom stereocenters. The van der Waals surface area contributed by atoms with Gasteiger partial charge < -0.3 is 4.74 Å². The first kappa shape index (κ1) is 22.5. The second-order valence-corrected chi connectivity index (χ2v) is 0.706. The first-order valence-corrected chi connectivity index (χ1v) is 1.38. The van der Waals surface area contributed by atoms with E-state index in [4.69, 9.17) is 0 Å². The standard InChI is InChI=1S/C3H4O3.Ca.Mg.Na.5H/c1-3(5)6-2-4;;;;;;;;/h2H,1H3;;;;;;;;. The van der Waals surface area contributed by atoms with E-state index in [0.29, 0.717) is 0 Å². The van der Waals surface area contributed by atoms with Crippen molar-refractivity contribution >= 4 is 103 Å². The van der Waals surface area contributed by atoms with Gasteiger partial charge in [-0.15, -0.1) is 0 Å². The first-order chi connectivity index (χ1) is 2.77. The second kappa shape index (κ2) is 16.6. The summed E-state index contributed by atoms with van der Waals surface area (Å²) in [6, 6.07) is 0. The van der Waals surface area contributed by atoms with Gasteiger partial charge in [0.25, 0.3) is 0 Å². The summed E-state index contributed by atoms with van der Waals surface area (Å²) >= 11 is 0. The van der Waals surface area contributed by atoms with Gasteiger partial charge in [0.05, 0.1) is 0 Å². The number of carbonyl (C=O) groups is 2. The van der Waals surface area contributed by atoms with Gasteiger partial charge in [0.1, 0.15) is 0 Å². The first-order valence-electron chi connectivity index (χ1n) is 1.38. The van der Waals surface area contributed by atoms with Crippen LogP contribution >= 0.6 is 0 Å². The Hall–Kier alpha value is 2.17. The molecular weight excluding hydrogens is 171 g/mol. The van der Waals surface area contributed by atoms with Crippen LogP contribution in [0.1, 0.15) is 6.92 Å². The summed E-state index contributed by atoms with van der Waals surface area (Å²) in [4.78, 5) is 18.8. The van der Waals surface area contributed by atoms with Crippen LogP contribution in [0.5, 0.6) is 0 Å². The summed E-state index contributed by atoms with van der Waals surface area (Å²) in [6.07, 6.45) is 0. The molecular formula is C3H9CaMgNaO3. The molecule has 0 aromatic rings. The van der Waals surface area contributed by atoms with Crippen molar-refractivity contribution in [2.75, 3.05) is 0 Å². The molecule has 9 heavy (non-hydrogen) atoms. The summed E-state index contributed by atoms with van der Waals surface area (Å²) in [7, 11) is 0. The van der Waals surface area contributed by atoms with E-state index in [-0.39, 0.29) is 96.8 Å². The Morgan fingerprint density at radius 2 is 1.89 bits per heavy atom. The van der Waals surface area contributed by atoms with Crippen molar-refractivity contribution in [3.05, 3.63) is 0 Å². The number of hydrogen-bond acceptors (Lipinski definition) is 3. The van der Waals surface area contributed by atoms with Gasteiger partial charge in [-0.1, -0.05) is 0 Å². The molecule has 3 nitrogen and oxygen atoms in total. The fraction of sp³-hybridized carbons (Fsp3) is 0.333. The van der Waals surface area contributed by atoms with Gasteiger partial charge in [-0.05, 0) is 0 Å². The molecule has 0 rings (SSSR count). The van der Waals surface area contributed by atoms with Crippen LogP contribution in [-0.4, -0.2) is 103 Å². The Kier molecular flexibility index (Phi) is 41.5. The quantitative estimate of drug-likeness (QED) is 0.190. The SMILES string of the molecule is CC(=O)OC=O.[CaH2].[MgH2].[NaH]. The van der Waals surface area contributed by atoms with Crippen LogP contribution in [0, 0.1) is 0 Å². The van der Waals surface area contributed by atoms with Crippen molar-refractivity contribution in [1.29, 1.82) is 0 Å². The summed E-state index contributed by atoms with van der Waals surface area (Å²) in [6.45, 7) is 1.26. The third-order valence-corrected chi connectivity index (χ3v) is 0.214. The average Bonchev–Trinajstić information content (AvgIpc) is 1.35. The van der Waals surface area contributed by atoms with Crippen LogP contribution < -0.4 is 0 Å². The van der Waals surface area contributed by atoms with E-state index in [1.165, 1.54) is 0 Å². The van der Waals surface area contributed by atoms with Gasteiger partial charge in [0.15, 0.2) is 0 Å². The van der Waals surface area contributed by atoms with Crippen molar-refractivity contribution in [2.45, 2.75) is 6.92 Å². The number of rotatable bonds is 1. The van der Waals surface area contributed by atoms with E-state index in [0.717, 1.165) is 6.92 Å². The van der Waals surface area contributed by atoms with Crippen molar-refractivity contribution in [3.63, 3.8) is 0 Å². The molecule has 0 amide bonds. The molecule has 0 fully saturated rings. The molecule has 0 atom stereocenters. The predicted octanol–water partition coefficient (Wildman–Crippen LogP) is -2.78. The molecule has 0 aromatic heterocycles. The Balaban J connectivity index is -0.0000000417. The van der Waals surface area contributed by atoms with E-state index in [1.54, 1.807) is 0 Å². The maximum atomic E-state index is 9.59. The Morgan fingerprint density at radius 3 is 1.89 bits per heavy atom. The summed E-state index contributed by atoms with van der Waals surface area (Å²) in [5, 5.41) is 0. The maximum absolute atomic E-state index is 9.59. The summed E-state index contributed by atoms with van der Waals surface area (Å²) in [5.41, 5.74) is 0. The van der Waals surface area contributed by atoms with E-state index < -0.39 is 5.97 Å². The van der Waals surface area contributed by atoms with Crippen LogP contribution in [0.25, 0.3) is 0 Å². The molecule has 6 heteroatoms. The zero-order valence-corrected chi connectivity index (χ0v) is 3.30. The van der Waals surface area contributed by atoms with E-state index in [2.05, 4.69) is 4.74 Å². The molecule has 44 valence electrons. The zero-order valence-electron chi connectivity index (χ0n) is 3.30. The number of carbonyl (C=O) groups excluding carboxylic acids is 2. The normalized spacial score (nSPS) is 4.56. The van der Waals surface area contributed by atoms with Crippen LogP contribution in [0.15, 0.2) is 0 Å². The van der Waals surface area contributed by atoms with Crippen molar-refractivity contribution in [3.8, 4) is 0 Å². The third-order valence-electron chi connectivity index (χ3n) is 0.214. The number of esters is 1. The van der Waals surface area contributed by atoms with Crippen LogP contribution in [0.4, 0.5) is 0 Å². The molecule has 0 aliphatic rings. The van der Waals surface area contributed by atoms with Gasteiger partial charge >= 0.3 is 103 Å². The molecule has 0 N–H and O–H groups in total. The fourth-order valence-corrected chi connectivity index (χ4v) is 0.0678. The van der Waals surface area contributed by atoms with E-state index in [1.807, 2.05) is 0 Å². The van der Waals surface area contributed by atoms with Gasteiger partial charge in [-0.2, -0.15) is 0 Å². The fourth-order valence-electron chi connectivity index (χ4n) is 0.0678. The van der Waals surface area contributed by atoms with Crippen LogP contribution in [0.3, 0.4) is 0 Å². The van der Waals surface area contributed by atoms with Crippen LogP contribution in [0.2, 0.25) is 0 Å². The monoisotopic (exact) mass is 180 g/mol. The third kappa shape index (κ3) is 25.4. The topological polar surface area (TPSA) is 43.4 Å². The Labute approximate surface area is 122 Å². The van der Waals surface area contributed by atoms with E-state index in [9.17, 15) is 9.59 Å². The molecule has 0 aliphatic heterocycles. The minimum absolute atomic E-state index is 0. The molecule has 0 aliphatic carbocycles. The average molecular weight is 180 g/mol. The Bertz CT molecular complexity index is 79.5. The number of ether oxygens (including phenoxy) is 1. The molecule has 0 saturated heterocycles. The summed E-state index contributed by atoms with van der Waals surface area (Å²) < 4.78 is 3.72. The molecule has 0 aromatic carbocycles. The molecule has 0 radical (unpaired) electrons. The van der Waals surface area contributed by atoms with Crippen molar-refractivity contribution in [2.24, 2.45) is 0 Å². The van der Waals surface area contributed by atoms with Crippen molar-refractivity contribution in [1.82, 2.24) is 0 Å². The molecule has 0 spiro atoms. The van der Waals surface area contributed by atoms with E-state index >= 15 is 0 Å². The van der Waals surface area contributed by atoms with Gasteiger partial charge in [-0.25, -0.2) is 0 Å². The molecule has 0 heterocycles. The van der Waals surface area contributed by atoms with Gasteiger partial charge in [-0.3, -0.25) is 9.59 Å². The Morgan fingerprint density at radius 1 is 1.56 bits per heavy atom. The van der Waals surface area contributed by atoms with Gasteiger partial charge in [0, 0.05) is 6.92 Å². The predicted molar refractivity (Wildman–Crippen MR) is 42.1 cm³/mol. The minimum atomic E-state index is -0.579. The van der Waals surface area contributed by atoms with Crippen LogP contribution in [-0.2, 0) is 14.3 Å². The molecule has 0 bridgehead atoms. The van der Waals surface area contributed by atoms with Crippen molar-refractivity contribution < 1.29 is 14.3 Å². The second-order valence-electron chi connectivity index (χ2n) is 0.706. The zero-order chi connectivity index (χ0) is 4.99. The number of hydrogen-bond donors (Lipinski definition) is 0. The molecule has 0 saturated carbocycles. The van der Waals surface area contributed by atoms with Gasteiger partial charge in [0.2, 0.25) is 0 Å². The summed E-state index contributed by atoms with van der Waals surface area (Å²) in [5.74, 6) is -0.579.